The number of thiazole rings is 1. The first-order valence-electron chi connectivity index (χ1n) is 11.2. The highest BCUT2D eigenvalue weighted by Gasteiger charge is 2.33. The topological polar surface area (TPSA) is 69.0 Å². The molecule has 1 amide bonds. The second kappa shape index (κ2) is 7.74. The van der Waals surface area contributed by atoms with E-state index in [-0.39, 0.29) is 11.8 Å². The molecular formula is C25H24N4O2S. The Hall–Kier alpha value is -3.19. The molecule has 1 saturated carbocycles. The molecule has 2 aliphatic rings. The van der Waals surface area contributed by atoms with Crippen molar-refractivity contribution in [2.75, 3.05) is 5.32 Å². The molecule has 1 atom stereocenters. The number of nitrogens with one attached hydrogen (secondary N) is 1. The van der Waals surface area contributed by atoms with E-state index in [9.17, 15) is 4.79 Å². The van der Waals surface area contributed by atoms with Gasteiger partial charge in [-0.15, -0.1) is 0 Å². The first-order chi connectivity index (χ1) is 15.7. The van der Waals surface area contributed by atoms with E-state index in [2.05, 4.69) is 23.5 Å². The van der Waals surface area contributed by atoms with Gasteiger partial charge in [0.25, 0.3) is 0 Å². The van der Waals surface area contributed by atoms with Crippen molar-refractivity contribution < 1.29 is 9.53 Å². The fourth-order valence-electron chi connectivity index (χ4n) is 4.90. The average Bonchev–Trinajstić information content (AvgIpc) is 3.53. The number of hydrogen-bond acceptors (Lipinski definition) is 5. The average molecular weight is 445 g/mol. The normalized spacial score (nSPS) is 18.7. The zero-order chi connectivity index (χ0) is 21.7. The fraction of sp³-hybridized carbons (Fsp3) is 0.320. The molecule has 7 heteroatoms. The number of nitrogens with zero attached hydrogens (tertiary/aromatic N) is 3. The van der Waals surface area contributed by atoms with Gasteiger partial charge in [-0.25, -0.2) is 4.98 Å². The number of benzene rings is 2. The van der Waals surface area contributed by atoms with Crippen LogP contribution in [0.15, 0.2) is 48.5 Å². The van der Waals surface area contributed by atoms with Gasteiger partial charge in [-0.2, -0.15) is 9.78 Å². The lowest BCUT2D eigenvalue weighted by Crippen LogP contribution is -2.24. The highest BCUT2D eigenvalue weighted by Crippen LogP contribution is 2.41. The summed E-state index contributed by atoms with van der Waals surface area (Å²) in [5, 5.41) is 8.60. The number of carbonyl (C=O) groups is 1. The summed E-state index contributed by atoms with van der Waals surface area (Å²) in [6.07, 6.45) is 5.52. The number of fused-ring (bicyclic) bond motifs is 2. The molecule has 1 unspecified atom stereocenters. The summed E-state index contributed by atoms with van der Waals surface area (Å²) in [4.78, 5) is 17.4. The summed E-state index contributed by atoms with van der Waals surface area (Å²) in [7, 11) is 0. The van der Waals surface area contributed by atoms with Crippen molar-refractivity contribution in [3.63, 3.8) is 0 Å². The minimum Gasteiger partial charge on any atom is -0.490 e. The Morgan fingerprint density at radius 2 is 1.88 bits per heavy atom. The molecule has 0 bridgehead atoms. The van der Waals surface area contributed by atoms with Crippen molar-refractivity contribution in [3.05, 3.63) is 65.4 Å². The van der Waals surface area contributed by atoms with Gasteiger partial charge in [-0.3, -0.25) is 4.79 Å². The van der Waals surface area contributed by atoms with Crippen LogP contribution in [0.5, 0.6) is 5.75 Å². The third kappa shape index (κ3) is 3.37. The molecule has 1 fully saturated rings. The Kier molecular flexibility index (Phi) is 4.72. The van der Waals surface area contributed by atoms with Gasteiger partial charge in [-0.1, -0.05) is 35.6 Å². The monoisotopic (exact) mass is 444 g/mol. The molecule has 0 spiro atoms. The van der Waals surface area contributed by atoms with Crippen molar-refractivity contribution >= 4 is 33.3 Å². The van der Waals surface area contributed by atoms with E-state index >= 15 is 0 Å². The maximum Gasteiger partial charge on any atom is 0.226 e. The molecule has 4 aromatic rings. The molecule has 3 heterocycles. The van der Waals surface area contributed by atoms with E-state index in [4.69, 9.17) is 14.8 Å². The van der Waals surface area contributed by atoms with Crippen LogP contribution in [0.4, 0.5) is 5.82 Å². The Balaban J connectivity index is 1.36. The highest BCUT2D eigenvalue weighted by atomic mass is 32.1. The fourth-order valence-corrected chi connectivity index (χ4v) is 5.82. The SMILES string of the molecule is Cc1nn(-c2nc3ccccc3s2)c2c1C(c1ccc(OC3CCCC3)cc1)CC(=O)N2. The van der Waals surface area contributed by atoms with Gasteiger partial charge < -0.3 is 10.1 Å². The summed E-state index contributed by atoms with van der Waals surface area (Å²) in [5.74, 6) is 1.59. The summed E-state index contributed by atoms with van der Waals surface area (Å²) >= 11 is 1.57. The second-order valence-corrected chi connectivity index (χ2v) is 9.63. The van der Waals surface area contributed by atoms with Crippen LogP contribution in [0.25, 0.3) is 15.3 Å². The number of para-hydroxylation sites is 1. The Morgan fingerprint density at radius 1 is 1.09 bits per heavy atom. The largest absolute Gasteiger partial charge is 0.490 e. The van der Waals surface area contributed by atoms with E-state index in [1.54, 1.807) is 16.0 Å². The van der Waals surface area contributed by atoms with Crippen LogP contribution in [0.3, 0.4) is 0 Å². The Morgan fingerprint density at radius 3 is 2.66 bits per heavy atom. The van der Waals surface area contributed by atoms with Crippen molar-refractivity contribution in [3.8, 4) is 10.9 Å². The zero-order valence-electron chi connectivity index (χ0n) is 17.9. The highest BCUT2D eigenvalue weighted by molar-refractivity contribution is 7.20. The predicted molar refractivity (Wildman–Crippen MR) is 126 cm³/mol. The second-order valence-electron chi connectivity index (χ2n) is 8.62. The molecule has 2 aromatic carbocycles. The van der Waals surface area contributed by atoms with Crippen LogP contribution in [0.1, 0.15) is 54.8 Å². The van der Waals surface area contributed by atoms with Crippen molar-refractivity contribution in [2.45, 2.75) is 51.0 Å². The maximum absolute atomic E-state index is 12.7. The first kappa shape index (κ1) is 19.5. The predicted octanol–water partition coefficient (Wildman–Crippen LogP) is 5.59. The van der Waals surface area contributed by atoms with Crippen LogP contribution < -0.4 is 10.1 Å². The summed E-state index contributed by atoms with van der Waals surface area (Å²) in [5.41, 5.74) is 4.02. The number of rotatable bonds is 4. The van der Waals surface area contributed by atoms with E-state index in [1.807, 2.05) is 37.3 Å². The van der Waals surface area contributed by atoms with Gasteiger partial charge in [0.15, 0.2) is 0 Å². The van der Waals surface area contributed by atoms with Gasteiger partial charge in [0.05, 0.1) is 22.0 Å². The minimum absolute atomic E-state index is 0.00366. The van der Waals surface area contributed by atoms with E-state index in [0.717, 1.165) is 56.6 Å². The van der Waals surface area contributed by atoms with Crippen LogP contribution in [0, 0.1) is 6.92 Å². The van der Waals surface area contributed by atoms with E-state index < -0.39 is 0 Å². The van der Waals surface area contributed by atoms with Gasteiger partial charge in [-0.05, 0) is 62.4 Å². The Bertz CT molecular complexity index is 1270. The lowest BCUT2D eigenvalue weighted by Gasteiger charge is -2.24. The van der Waals surface area contributed by atoms with Gasteiger partial charge in [0.1, 0.15) is 11.6 Å². The number of aromatic nitrogens is 3. The number of ether oxygens (including phenoxy) is 1. The zero-order valence-corrected chi connectivity index (χ0v) is 18.7. The number of carbonyl (C=O) groups excluding carboxylic acids is 1. The molecular weight excluding hydrogens is 420 g/mol. The lowest BCUT2D eigenvalue weighted by molar-refractivity contribution is -0.116. The Labute approximate surface area is 190 Å². The molecule has 1 aliphatic carbocycles. The molecule has 1 N–H and O–H groups in total. The van der Waals surface area contributed by atoms with Crippen LogP contribution in [-0.2, 0) is 4.79 Å². The summed E-state index contributed by atoms with van der Waals surface area (Å²) in [6, 6.07) is 16.3. The molecule has 6 nitrogen and oxygen atoms in total. The molecule has 2 aromatic heterocycles. The number of hydrogen-bond donors (Lipinski definition) is 1. The number of aryl methyl sites for hydroxylation is 1. The summed E-state index contributed by atoms with van der Waals surface area (Å²) < 4.78 is 9.01. The van der Waals surface area contributed by atoms with E-state index in [0.29, 0.717) is 12.5 Å². The molecule has 6 rings (SSSR count). The van der Waals surface area contributed by atoms with Gasteiger partial charge in [0, 0.05) is 17.9 Å². The quantitative estimate of drug-likeness (QED) is 0.446. The maximum atomic E-state index is 12.7. The lowest BCUT2D eigenvalue weighted by atomic mass is 9.86. The third-order valence-corrected chi connectivity index (χ3v) is 7.47. The molecule has 32 heavy (non-hydrogen) atoms. The van der Waals surface area contributed by atoms with Crippen LogP contribution >= 0.6 is 11.3 Å². The summed E-state index contributed by atoms with van der Waals surface area (Å²) in [6.45, 7) is 2.00. The minimum atomic E-state index is -0.0394. The van der Waals surface area contributed by atoms with Crippen molar-refractivity contribution in [2.24, 2.45) is 0 Å². The van der Waals surface area contributed by atoms with Gasteiger partial charge in [0.2, 0.25) is 11.0 Å². The smallest absolute Gasteiger partial charge is 0.226 e. The van der Waals surface area contributed by atoms with Crippen molar-refractivity contribution in [1.82, 2.24) is 14.8 Å². The van der Waals surface area contributed by atoms with Crippen molar-refractivity contribution in [1.29, 1.82) is 0 Å². The standard InChI is InChI=1S/C25H24N4O2S/c1-15-23-19(16-10-12-18(13-11-16)31-17-6-2-3-7-17)14-22(30)27-24(23)29(28-15)25-26-20-8-4-5-9-21(20)32-25/h4-5,8-13,17,19H,2-3,6-7,14H2,1H3,(H,27,30). The molecule has 0 radical (unpaired) electrons. The number of anilines is 1. The molecule has 162 valence electrons. The number of amides is 1. The van der Waals surface area contributed by atoms with Gasteiger partial charge >= 0.3 is 0 Å². The van der Waals surface area contributed by atoms with E-state index in [1.165, 1.54) is 12.8 Å². The molecule has 1 aliphatic heterocycles. The van der Waals surface area contributed by atoms with Crippen LogP contribution in [0.2, 0.25) is 0 Å². The van der Waals surface area contributed by atoms with Crippen LogP contribution in [-0.4, -0.2) is 26.8 Å². The molecule has 0 saturated heterocycles. The third-order valence-electron chi connectivity index (χ3n) is 6.45. The first-order valence-corrected chi connectivity index (χ1v) is 12.0.